The first-order chi connectivity index (χ1) is 9.10. The lowest BCUT2D eigenvalue weighted by molar-refractivity contribution is 0.867. The number of hydrogen-bond acceptors (Lipinski definition) is 2. The molecule has 0 amide bonds. The van der Waals surface area contributed by atoms with E-state index in [1.165, 1.54) is 5.56 Å². The van der Waals surface area contributed by atoms with Crippen LogP contribution in [0.15, 0.2) is 46.9 Å². The monoisotopic (exact) mass is 314 g/mol. The summed E-state index contributed by atoms with van der Waals surface area (Å²) in [4.78, 5) is 0. The maximum Gasteiger partial charge on any atom is 0.101 e. The van der Waals surface area contributed by atoms with E-state index in [-0.39, 0.29) is 0 Å². The largest absolute Gasteiger partial charge is 0.354 e. The molecule has 0 heterocycles. The summed E-state index contributed by atoms with van der Waals surface area (Å²) in [5, 5.41) is 12.5. The van der Waals surface area contributed by atoms with Crippen LogP contribution >= 0.6 is 15.9 Å². The molecule has 0 saturated carbocycles. The minimum Gasteiger partial charge on any atom is -0.354 e. The molecule has 0 fully saturated rings. The van der Waals surface area contributed by atoms with E-state index in [2.05, 4.69) is 53.3 Å². The molecular formula is C16H15BrN2. The van der Waals surface area contributed by atoms with Crippen LogP contribution in [0.25, 0.3) is 0 Å². The molecule has 0 aromatic heterocycles. The van der Waals surface area contributed by atoms with Gasteiger partial charge in [0.25, 0.3) is 0 Å². The van der Waals surface area contributed by atoms with E-state index in [1.807, 2.05) is 30.3 Å². The predicted octanol–water partition coefficient (Wildman–Crippen LogP) is 5.19. The number of nitrogens with zero attached hydrogens (tertiary/aromatic N) is 1. The van der Waals surface area contributed by atoms with Gasteiger partial charge in [0.2, 0.25) is 0 Å². The van der Waals surface area contributed by atoms with Gasteiger partial charge in [-0.15, -0.1) is 0 Å². The first-order valence-corrected chi connectivity index (χ1v) is 6.96. The summed E-state index contributed by atoms with van der Waals surface area (Å²) < 4.78 is 0.908. The SMILES string of the molecule is CC(C)c1cccc(Nc2ccc(Br)cc2C#N)c1. The van der Waals surface area contributed by atoms with Gasteiger partial charge in [0.15, 0.2) is 0 Å². The van der Waals surface area contributed by atoms with Gasteiger partial charge in [-0.1, -0.05) is 41.9 Å². The van der Waals surface area contributed by atoms with Crippen LogP contribution in [0.4, 0.5) is 11.4 Å². The molecule has 2 nitrogen and oxygen atoms in total. The third-order valence-corrected chi connectivity index (χ3v) is 3.43. The fourth-order valence-corrected chi connectivity index (χ4v) is 2.21. The molecule has 0 radical (unpaired) electrons. The summed E-state index contributed by atoms with van der Waals surface area (Å²) in [5.41, 5.74) is 3.74. The van der Waals surface area contributed by atoms with E-state index in [4.69, 9.17) is 5.26 Å². The van der Waals surface area contributed by atoms with Crippen LogP contribution in [-0.4, -0.2) is 0 Å². The molecular weight excluding hydrogens is 300 g/mol. The molecule has 2 aromatic rings. The summed E-state index contributed by atoms with van der Waals surface area (Å²) in [7, 11) is 0. The van der Waals surface area contributed by atoms with Gasteiger partial charge in [-0.05, 0) is 41.8 Å². The molecule has 0 aliphatic rings. The molecule has 0 saturated heterocycles. The Kier molecular flexibility index (Phi) is 4.24. The fourth-order valence-electron chi connectivity index (χ4n) is 1.85. The zero-order valence-electron chi connectivity index (χ0n) is 10.9. The second-order valence-electron chi connectivity index (χ2n) is 4.71. The second kappa shape index (κ2) is 5.90. The van der Waals surface area contributed by atoms with E-state index < -0.39 is 0 Å². The lowest BCUT2D eigenvalue weighted by Gasteiger charge is -2.11. The van der Waals surface area contributed by atoms with Crippen LogP contribution < -0.4 is 5.32 Å². The zero-order chi connectivity index (χ0) is 13.8. The van der Waals surface area contributed by atoms with Crippen molar-refractivity contribution in [3.8, 4) is 6.07 Å². The van der Waals surface area contributed by atoms with Crippen LogP contribution in [0.3, 0.4) is 0 Å². The van der Waals surface area contributed by atoms with Crippen LogP contribution in [0.2, 0.25) is 0 Å². The quantitative estimate of drug-likeness (QED) is 0.846. The predicted molar refractivity (Wildman–Crippen MR) is 82.7 cm³/mol. The van der Waals surface area contributed by atoms with Gasteiger partial charge >= 0.3 is 0 Å². The molecule has 19 heavy (non-hydrogen) atoms. The Bertz CT molecular complexity index is 627. The Hall–Kier alpha value is -1.79. The van der Waals surface area contributed by atoms with Gasteiger partial charge in [-0.3, -0.25) is 0 Å². The Balaban J connectivity index is 2.31. The molecule has 0 bridgehead atoms. The van der Waals surface area contributed by atoms with E-state index in [1.54, 1.807) is 0 Å². The summed E-state index contributed by atoms with van der Waals surface area (Å²) in [6.07, 6.45) is 0. The Morgan fingerprint density at radius 2 is 1.95 bits per heavy atom. The summed E-state index contributed by atoms with van der Waals surface area (Å²) >= 11 is 3.37. The van der Waals surface area contributed by atoms with Crippen molar-refractivity contribution >= 4 is 27.3 Å². The molecule has 2 aromatic carbocycles. The Morgan fingerprint density at radius 1 is 1.16 bits per heavy atom. The van der Waals surface area contributed by atoms with Crippen LogP contribution in [0.5, 0.6) is 0 Å². The van der Waals surface area contributed by atoms with Crippen molar-refractivity contribution in [2.75, 3.05) is 5.32 Å². The highest BCUT2D eigenvalue weighted by Gasteiger charge is 2.05. The number of nitriles is 1. The van der Waals surface area contributed by atoms with Crippen molar-refractivity contribution in [2.45, 2.75) is 19.8 Å². The molecule has 0 spiro atoms. The van der Waals surface area contributed by atoms with E-state index in [9.17, 15) is 0 Å². The third kappa shape index (κ3) is 3.36. The third-order valence-electron chi connectivity index (χ3n) is 2.93. The van der Waals surface area contributed by atoms with Gasteiger partial charge in [0.1, 0.15) is 6.07 Å². The Morgan fingerprint density at radius 3 is 2.63 bits per heavy atom. The van der Waals surface area contributed by atoms with Gasteiger partial charge in [-0.2, -0.15) is 5.26 Å². The second-order valence-corrected chi connectivity index (χ2v) is 5.62. The van der Waals surface area contributed by atoms with E-state index in [0.717, 1.165) is 15.8 Å². The lowest BCUT2D eigenvalue weighted by atomic mass is 10.0. The van der Waals surface area contributed by atoms with Crippen LogP contribution in [-0.2, 0) is 0 Å². The molecule has 1 N–H and O–H groups in total. The van der Waals surface area contributed by atoms with Crippen molar-refractivity contribution in [3.63, 3.8) is 0 Å². The van der Waals surface area contributed by atoms with Crippen molar-refractivity contribution in [1.82, 2.24) is 0 Å². The maximum absolute atomic E-state index is 9.15. The molecule has 3 heteroatoms. The number of hydrogen-bond donors (Lipinski definition) is 1. The van der Waals surface area contributed by atoms with Gasteiger partial charge < -0.3 is 5.32 Å². The number of anilines is 2. The highest BCUT2D eigenvalue weighted by atomic mass is 79.9. The van der Waals surface area contributed by atoms with Gasteiger partial charge in [-0.25, -0.2) is 0 Å². The topological polar surface area (TPSA) is 35.8 Å². The smallest absolute Gasteiger partial charge is 0.101 e. The lowest BCUT2D eigenvalue weighted by Crippen LogP contribution is -1.95. The zero-order valence-corrected chi connectivity index (χ0v) is 12.5. The normalized spacial score (nSPS) is 10.3. The van der Waals surface area contributed by atoms with Crippen molar-refractivity contribution < 1.29 is 0 Å². The van der Waals surface area contributed by atoms with Crippen molar-refractivity contribution in [3.05, 3.63) is 58.1 Å². The number of rotatable bonds is 3. The fraction of sp³-hybridized carbons (Fsp3) is 0.188. The van der Waals surface area contributed by atoms with Crippen LogP contribution in [0, 0.1) is 11.3 Å². The average Bonchev–Trinajstić information content (AvgIpc) is 2.41. The minimum atomic E-state index is 0.488. The minimum absolute atomic E-state index is 0.488. The summed E-state index contributed by atoms with van der Waals surface area (Å²) in [5.74, 6) is 0.488. The molecule has 0 aliphatic heterocycles. The van der Waals surface area contributed by atoms with Crippen molar-refractivity contribution in [1.29, 1.82) is 5.26 Å². The summed E-state index contributed by atoms with van der Waals surface area (Å²) in [6.45, 7) is 4.33. The number of benzene rings is 2. The van der Waals surface area contributed by atoms with E-state index >= 15 is 0 Å². The Labute approximate surface area is 122 Å². The molecule has 2 rings (SSSR count). The molecule has 0 atom stereocenters. The van der Waals surface area contributed by atoms with Gasteiger partial charge in [0, 0.05) is 10.2 Å². The molecule has 0 unspecified atom stereocenters. The average molecular weight is 315 g/mol. The highest BCUT2D eigenvalue weighted by Crippen LogP contribution is 2.25. The van der Waals surface area contributed by atoms with Crippen LogP contribution in [0.1, 0.15) is 30.9 Å². The highest BCUT2D eigenvalue weighted by molar-refractivity contribution is 9.10. The summed E-state index contributed by atoms with van der Waals surface area (Å²) in [6, 6.07) is 16.1. The molecule has 96 valence electrons. The number of halogens is 1. The van der Waals surface area contributed by atoms with E-state index in [0.29, 0.717) is 11.5 Å². The standard InChI is InChI=1S/C16H15BrN2/c1-11(2)12-4-3-5-15(9-12)19-16-7-6-14(17)8-13(16)10-18/h3-9,11,19H,1-2H3. The first kappa shape index (κ1) is 13.6. The van der Waals surface area contributed by atoms with Crippen molar-refractivity contribution in [2.24, 2.45) is 0 Å². The first-order valence-electron chi connectivity index (χ1n) is 6.17. The maximum atomic E-state index is 9.15. The molecule has 0 aliphatic carbocycles. The van der Waals surface area contributed by atoms with Gasteiger partial charge in [0.05, 0.1) is 11.3 Å². The number of nitrogens with one attached hydrogen (secondary N) is 1.